The molecule has 1 atom stereocenters. The fourth-order valence-corrected chi connectivity index (χ4v) is 3.98. The van der Waals surface area contributed by atoms with Crippen molar-refractivity contribution >= 4 is 29.3 Å². The van der Waals surface area contributed by atoms with Crippen LogP contribution in [0, 0.1) is 0 Å². The van der Waals surface area contributed by atoms with Crippen LogP contribution in [0.25, 0.3) is 11.3 Å². The Morgan fingerprint density at radius 3 is 2.50 bits per heavy atom. The number of carbonyl (C=O) groups excluding carboxylic acids is 2. The Labute approximate surface area is 176 Å². The number of carbonyl (C=O) groups is 2. The molecule has 0 bridgehead atoms. The molecule has 4 rings (SSSR count). The average Bonchev–Trinajstić information content (AvgIpc) is 2.77. The minimum Gasteiger partial charge on any atom is -0.465 e. The number of thioether (sulfide) groups is 1. The van der Waals surface area contributed by atoms with Crippen molar-refractivity contribution in [3.8, 4) is 11.3 Å². The second-order valence-corrected chi connectivity index (χ2v) is 7.44. The van der Waals surface area contributed by atoms with E-state index in [4.69, 9.17) is 4.74 Å². The Kier molecular flexibility index (Phi) is 5.13. The van der Waals surface area contributed by atoms with Gasteiger partial charge in [0, 0.05) is 17.6 Å². The third-order valence-corrected chi connectivity index (χ3v) is 5.49. The lowest BCUT2D eigenvalue weighted by molar-refractivity contribution is -0.763. The van der Waals surface area contributed by atoms with E-state index in [9.17, 15) is 14.4 Å². The van der Waals surface area contributed by atoms with Gasteiger partial charge in [-0.2, -0.15) is 0 Å². The molecule has 0 saturated heterocycles. The highest BCUT2D eigenvalue weighted by Crippen LogP contribution is 2.37. The van der Waals surface area contributed by atoms with Gasteiger partial charge >= 0.3 is 17.2 Å². The number of esters is 1. The van der Waals surface area contributed by atoms with Gasteiger partial charge in [-0.1, -0.05) is 23.9 Å². The summed E-state index contributed by atoms with van der Waals surface area (Å²) in [4.78, 5) is 41.9. The number of nitrogens with zero attached hydrogens (tertiary/aromatic N) is 3. The summed E-state index contributed by atoms with van der Waals surface area (Å²) in [5.41, 5.74) is 2.40. The molecule has 0 fully saturated rings. The van der Waals surface area contributed by atoms with Crippen LogP contribution >= 0.6 is 11.8 Å². The van der Waals surface area contributed by atoms with Gasteiger partial charge in [-0.25, -0.2) is 9.69 Å². The Bertz CT molecular complexity index is 1210. The van der Waals surface area contributed by atoms with Crippen LogP contribution in [0.4, 0.5) is 5.69 Å². The molecule has 0 radical (unpaired) electrons. The summed E-state index contributed by atoms with van der Waals surface area (Å²) in [5.74, 6) is -0.651. The van der Waals surface area contributed by atoms with Crippen LogP contribution in [0.2, 0.25) is 0 Å². The molecule has 2 aromatic carbocycles. The molecule has 1 aliphatic rings. The van der Waals surface area contributed by atoms with Gasteiger partial charge in [0.05, 0.1) is 23.9 Å². The Morgan fingerprint density at radius 1 is 1.17 bits per heavy atom. The topological polar surface area (TPSA) is 96.2 Å². The SMILES string of the molecule is COC(=O)c1ccc([C@H]2N(C(C)=O)c3ccccc3-c3c(=O)[nH]c(SC)n[n+]32)cc1. The molecule has 9 heteroatoms. The molecule has 152 valence electrons. The number of anilines is 1. The number of hydrogen-bond donors (Lipinski definition) is 1. The third-order valence-electron chi connectivity index (χ3n) is 4.92. The zero-order chi connectivity index (χ0) is 21.4. The minimum absolute atomic E-state index is 0.199. The van der Waals surface area contributed by atoms with E-state index in [1.165, 1.54) is 25.8 Å². The van der Waals surface area contributed by atoms with Crippen molar-refractivity contribution in [1.29, 1.82) is 0 Å². The second-order valence-electron chi connectivity index (χ2n) is 6.65. The number of rotatable bonds is 3. The van der Waals surface area contributed by atoms with Gasteiger partial charge in [0.15, 0.2) is 0 Å². The minimum atomic E-state index is -0.688. The normalized spacial score (nSPS) is 14.6. The van der Waals surface area contributed by atoms with Crippen LogP contribution in [0.15, 0.2) is 58.5 Å². The van der Waals surface area contributed by atoms with E-state index in [2.05, 4.69) is 10.1 Å². The van der Waals surface area contributed by atoms with Crippen molar-refractivity contribution < 1.29 is 19.0 Å². The first-order valence-corrected chi connectivity index (χ1v) is 10.4. The van der Waals surface area contributed by atoms with Crippen LogP contribution in [-0.2, 0) is 9.53 Å². The molecule has 0 spiro atoms. The number of ether oxygens (including phenoxy) is 1. The summed E-state index contributed by atoms with van der Waals surface area (Å²) < 4.78 is 6.33. The van der Waals surface area contributed by atoms with E-state index in [0.717, 1.165) is 0 Å². The standard InChI is InChI=1S/C21H18N4O4S/c1-12(26)24-16-7-5-4-6-15(16)17-18(27)22-21(30-3)23-25(17)19(24)13-8-10-14(11-9-13)20(28)29-2/h4-11,19H,1-3H3/p+1/t19-/m0/s1. The summed E-state index contributed by atoms with van der Waals surface area (Å²) in [6, 6.07) is 14.0. The molecule has 1 N–H and O–H groups in total. The number of aromatic amines is 1. The summed E-state index contributed by atoms with van der Waals surface area (Å²) >= 11 is 1.30. The molecule has 0 saturated carbocycles. The van der Waals surface area contributed by atoms with Crippen LogP contribution in [-0.4, -0.2) is 35.3 Å². The fraction of sp³-hybridized carbons (Fsp3) is 0.190. The maximum atomic E-state index is 12.9. The van der Waals surface area contributed by atoms with E-state index in [-0.39, 0.29) is 11.5 Å². The van der Waals surface area contributed by atoms with Crippen molar-refractivity contribution in [2.45, 2.75) is 18.2 Å². The van der Waals surface area contributed by atoms with Crippen molar-refractivity contribution in [2.75, 3.05) is 18.3 Å². The molecule has 1 aliphatic heterocycles. The number of benzene rings is 2. The zero-order valence-electron chi connectivity index (χ0n) is 16.6. The van der Waals surface area contributed by atoms with E-state index < -0.39 is 12.1 Å². The molecular formula is C21H19N4O4S+. The Balaban J connectivity index is 1.99. The molecule has 1 amide bonds. The number of H-pyrrole nitrogens is 1. The summed E-state index contributed by atoms with van der Waals surface area (Å²) in [6.07, 6.45) is 1.12. The highest BCUT2D eigenvalue weighted by molar-refractivity contribution is 7.98. The molecular weight excluding hydrogens is 404 g/mol. The van der Waals surface area contributed by atoms with Crippen LogP contribution in [0.3, 0.4) is 0 Å². The van der Waals surface area contributed by atoms with E-state index >= 15 is 0 Å². The first kappa shape index (κ1) is 19.8. The molecule has 2 heterocycles. The zero-order valence-corrected chi connectivity index (χ0v) is 17.4. The van der Waals surface area contributed by atoms with Crippen molar-refractivity contribution in [3.63, 3.8) is 0 Å². The van der Waals surface area contributed by atoms with Crippen LogP contribution < -0.4 is 15.1 Å². The maximum Gasteiger partial charge on any atom is 0.337 e. The molecule has 0 aliphatic carbocycles. The predicted octanol–water partition coefficient (Wildman–Crippen LogP) is 2.15. The monoisotopic (exact) mass is 423 g/mol. The Morgan fingerprint density at radius 2 is 1.87 bits per heavy atom. The fourth-order valence-electron chi connectivity index (χ4n) is 3.61. The van der Waals surface area contributed by atoms with E-state index in [1.807, 2.05) is 18.4 Å². The molecule has 1 aromatic heterocycles. The Hall–Kier alpha value is -3.46. The van der Waals surface area contributed by atoms with Crippen LogP contribution in [0.1, 0.15) is 29.0 Å². The summed E-state index contributed by atoms with van der Waals surface area (Å²) in [6.45, 7) is 1.47. The van der Waals surface area contributed by atoms with Crippen molar-refractivity contribution in [1.82, 2.24) is 10.1 Å². The number of methoxy groups -OCH3 is 1. The average molecular weight is 423 g/mol. The highest BCUT2D eigenvalue weighted by Gasteiger charge is 2.44. The molecule has 0 unspecified atom stereocenters. The molecule has 3 aromatic rings. The van der Waals surface area contributed by atoms with Gasteiger partial charge < -0.3 is 4.74 Å². The maximum absolute atomic E-state index is 12.9. The smallest absolute Gasteiger partial charge is 0.337 e. The van der Waals surface area contributed by atoms with Gasteiger partial charge in [-0.3, -0.25) is 14.6 Å². The van der Waals surface area contributed by atoms with Gasteiger partial charge in [0.25, 0.3) is 6.17 Å². The van der Waals surface area contributed by atoms with Crippen molar-refractivity contribution in [2.24, 2.45) is 0 Å². The number of hydrogen-bond acceptors (Lipinski definition) is 6. The first-order chi connectivity index (χ1) is 14.5. The highest BCUT2D eigenvalue weighted by atomic mass is 32.2. The number of fused-ring (bicyclic) bond motifs is 3. The van der Waals surface area contributed by atoms with Crippen LogP contribution in [0.5, 0.6) is 0 Å². The lowest BCUT2D eigenvalue weighted by Crippen LogP contribution is -2.60. The van der Waals surface area contributed by atoms with E-state index in [1.54, 1.807) is 46.0 Å². The lowest BCUT2D eigenvalue weighted by Gasteiger charge is -2.31. The quantitative estimate of drug-likeness (QED) is 0.394. The van der Waals surface area contributed by atoms with Gasteiger partial charge in [0.1, 0.15) is 0 Å². The lowest BCUT2D eigenvalue weighted by atomic mass is 10.0. The van der Waals surface area contributed by atoms with Gasteiger partial charge in [-0.15, -0.1) is 0 Å². The molecule has 30 heavy (non-hydrogen) atoms. The third kappa shape index (κ3) is 3.17. The van der Waals surface area contributed by atoms with Gasteiger partial charge in [0.2, 0.25) is 11.1 Å². The summed E-state index contributed by atoms with van der Waals surface area (Å²) in [7, 11) is 1.32. The summed E-state index contributed by atoms with van der Waals surface area (Å²) in [5, 5.41) is 5.03. The number of nitrogens with one attached hydrogen (secondary N) is 1. The number of amides is 1. The molecule has 8 nitrogen and oxygen atoms in total. The predicted molar refractivity (Wildman–Crippen MR) is 111 cm³/mol. The number of para-hydroxylation sites is 1. The van der Waals surface area contributed by atoms with Gasteiger partial charge in [-0.05, 0) is 47.3 Å². The van der Waals surface area contributed by atoms with E-state index in [0.29, 0.717) is 33.2 Å². The largest absolute Gasteiger partial charge is 0.465 e. The van der Waals surface area contributed by atoms with Crippen molar-refractivity contribution in [3.05, 3.63) is 70.0 Å². The first-order valence-electron chi connectivity index (χ1n) is 9.14. The second kappa shape index (κ2) is 7.75. The number of aromatic nitrogens is 3.